The Morgan fingerprint density at radius 2 is 1.97 bits per heavy atom. The van der Waals surface area contributed by atoms with Crippen molar-refractivity contribution in [1.82, 2.24) is 10.3 Å². The lowest BCUT2D eigenvalue weighted by Gasteiger charge is -2.34. The number of ketones is 1. The van der Waals surface area contributed by atoms with Crippen LogP contribution >= 0.6 is 11.3 Å². The molecule has 1 aromatic heterocycles. The third-order valence-corrected chi connectivity index (χ3v) is 7.17. The van der Waals surface area contributed by atoms with Crippen LogP contribution < -0.4 is 5.32 Å². The molecule has 184 valence electrons. The number of carbonyl (C=O) groups is 2. The molecule has 0 fully saturated rings. The molecule has 0 saturated heterocycles. The van der Waals surface area contributed by atoms with Gasteiger partial charge in [0.2, 0.25) is 0 Å². The molecule has 0 spiro atoms. The van der Waals surface area contributed by atoms with E-state index in [1.807, 2.05) is 44.4 Å². The van der Waals surface area contributed by atoms with Gasteiger partial charge in [-0.05, 0) is 31.4 Å². The van der Waals surface area contributed by atoms with Crippen molar-refractivity contribution in [2.45, 2.75) is 72.7 Å². The van der Waals surface area contributed by atoms with E-state index in [0.717, 1.165) is 16.3 Å². The second kappa shape index (κ2) is 12.0. The summed E-state index contributed by atoms with van der Waals surface area (Å²) in [4.78, 5) is 30.3. The van der Waals surface area contributed by atoms with Gasteiger partial charge in [0.05, 0.1) is 34.7 Å². The number of aryl methyl sites for hydroxylation is 1. The molecule has 0 amide bonds. The van der Waals surface area contributed by atoms with Gasteiger partial charge in [-0.15, -0.1) is 11.3 Å². The van der Waals surface area contributed by atoms with Gasteiger partial charge >= 0.3 is 5.97 Å². The summed E-state index contributed by atoms with van der Waals surface area (Å²) in [5, 5.41) is 27.6. The summed E-state index contributed by atoms with van der Waals surface area (Å²) < 4.78 is 5.73. The molecule has 8 heteroatoms. The average Bonchev–Trinajstić information content (AvgIpc) is 3.16. The monoisotopic (exact) mass is 478 g/mol. The molecule has 0 aliphatic carbocycles. The number of rotatable bonds is 2. The quantitative estimate of drug-likeness (QED) is 0.442. The van der Waals surface area contributed by atoms with Gasteiger partial charge in [-0.25, -0.2) is 4.98 Å². The topological polar surface area (TPSA) is 109 Å². The van der Waals surface area contributed by atoms with E-state index in [9.17, 15) is 19.8 Å². The number of ether oxygens (including phenoxy) is 1. The number of carbonyl (C=O) groups excluding carboxylic acids is 2. The lowest BCUT2D eigenvalue weighted by atomic mass is 9.73. The maximum absolute atomic E-state index is 13.1. The predicted octanol–water partition coefficient (Wildman–Crippen LogP) is 3.30. The maximum Gasteiger partial charge on any atom is 0.309 e. The Bertz CT molecular complexity index is 876. The maximum atomic E-state index is 13.1. The molecule has 7 nitrogen and oxygen atoms in total. The highest BCUT2D eigenvalue weighted by Crippen LogP contribution is 2.31. The van der Waals surface area contributed by atoms with Crippen LogP contribution in [-0.2, 0) is 14.3 Å². The summed E-state index contributed by atoms with van der Waals surface area (Å²) >= 11 is 1.55. The number of thiazole rings is 1. The van der Waals surface area contributed by atoms with Crippen LogP contribution in [0.1, 0.15) is 58.2 Å². The van der Waals surface area contributed by atoms with Gasteiger partial charge in [0.25, 0.3) is 0 Å². The molecular weight excluding hydrogens is 440 g/mol. The summed E-state index contributed by atoms with van der Waals surface area (Å²) in [6.45, 7) is 11.8. The minimum Gasteiger partial charge on any atom is -0.457 e. The Kier molecular flexibility index (Phi) is 9.97. The molecule has 1 aliphatic heterocycles. The zero-order valence-corrected chi connectivity index (χ0v) is 21.3. The number of aliphatic hydroxyl groups is 2. The predicted molar refractivity (Wildman–Crippen MR) is 131 cm³/mol. The number of hydrogen-bond acceptors (Lipinski definition) is 8. The van der Waals surface area contributed by atoms with Crippen LogP contribution in [0, 0.1) is 24.2 Å². The highest BCUT2D eigenvalue weighted by atomic mass is 32.1. The zero-order valence-electron chi connectivity index (χ0n) is 20.5. The molecule has 1 aliphatic rings. The second-order valence-corrected chi connectivity index (χ2v) is 10.6. The van der Waals surface area contributed by atoms with Crippen molar-refractivity contribution in [3.05, 3.63) is 33.8 Å². The third-order valence-electron chi connectivity index (χ3n) is 6.38. The number of hydrogen-bond donors (Lipinski definition) is 3. The number of cyclic esters (lactones) is 1. The fraction of sp³-hybridized carbons (Fsp3) is 0.640. The van der Waals surface area contributed by atoms with Crippen LogP contribution in [0.15, 0.2) is 23.1 Å². The van der Waals surface area contributed by atoms with Gasteiger partial charge in [-0.1, -0.05) is 39.8 Å². The van der Waals surface area contributed by atoms with Crippen molar-refractivity contribution in [1.29, 1.82) is 0 Å². The van der Waals surface area contributed by atoms with Crippen LogP contribution in [0.5, 0.6) is 0 Å². The molecule has 0 unspecified atom stereocenters. The minimum absolute atomic E-state index is 0.150. The van der Waals surface area contributed by atoms with Crippen molar-refractivity contribution >= 4 is 29.2 Å². The fourth-order valence-corrected chi connectivity index (χ4v) is 4.51. The first-order valence-electron chi connectivity index (χ1n) is 11.5. The molecule has 5 atom stereocenters. The highest BCUT2D eigenvalue weighted by molar-refractivity contribution is 7.09. The number of esters is 1. The van der Waals surface area contributed by atoms with Crippen LogP contribution in [0.2, 0.25) is 0 Å². The van der Waals surface area contributed by atoms with Crippen LogP contribution in [-0.4, -0.2) is 58.4 Å². The van der Waals surface area contributed by atoms with Crippen LogP contribution in [0.4, 0.5) is 0 Å². The molecule has 2 heterocycles. The Morgan fingerprint density at radius 1 is 1.27 bits per heavy atom. The van der Waals surface area contributed by atoms with E-state index in [2.05, 4.69) is 10.3 Å². The molecule has 0 radical (unpaired) electrons. The van der Waals surface area contributed by atoms with Crippen molar-refractivity contribution in [2.75, 3.05) is 13.1 Å². The first-order valence-corrected chi connectivity index (χ1v) is 12.4. The lowest BCUT2D eigenvalue weighted by molar-refractivity contribution is -0.154. The van der Waals surface area contributed by atoms with E-state index in [-0.39, 0.29) is 18.1 Å². The Hall–Kier alpha value is -1.87. The average molecular weight is 479 g/mol. The van der Waals surface area contributed by atoms with E-state index < -0.39 is 35.6 Å². The number of Topliss-reactive ketones (excluding diaryl/α,β-unsaturated/α-hetero) is 1. The molecule has 33 heavy (non-hydrogen) atoms. The minimum atomic E-state index is -1.23. The molecule has 0 aromatic carbocycles. The van der Waals surface area contributed by atoms with Crippen molar-refractivity contribution < 1.29 is 24.5 Å². The van der Waals surface area contributed by atoms with Gasteiger partial charge in [-0.3, -0.25) is 9.59 Å². The largest absolute Gasteiger partial charge is 0.457 e. The number of nitrogens with one attached hydrogen (secondary N) is 1. The van der Waals surface area contributed by atoms with E-state index in [1.165, 1.54) is 0 Å². The Balaban J connectivity index is 2.27. The summed E-state index contributed by atoms with van der Waals surface area (Å²) in [5.74, 6) is -1.68. The normalized spacial score (nSPS) is 31.8. The van der Waals surface area contributed by atoms with Crippen LogP contribution in [0.3, 0.4) is 0 Å². The first-order chi connectivity index (χ1) is 15.4. The van der Waals surface area contributed by atoms with E-state index in [4.69, 9.17) is 4.74 Å². The molecule has 0 bridgehead atoms. The Morgan fingerprint density at radius 3 is 2.61 bits per heavy atom. The molecule has 1 aromatic rings. The SMILES string of the molecule is C/C(=C\c1csc(C)n1)[C@@H]1C/C=C\CNC[C@H](C)[C@H](O)[C@@H](C)C(=O)C(C)(C)[C@@H](O)CC(=O)O1. The van der Waals surface area contributed by atoms with E-state index >= 15 is 0 Å². The zero-order chi connectivity index (χ0) is 24.8. The van der Waals surface area contributed by atoms with Crippen molar-refractivity contribution in [2.24, 2.45) is 17.3 Å². The summed E-state index contributed by atoms with van der Waals surface area (Å²) in [6, 6.07) is 0. The summed E-state index contributed by atoms with van der Waals surface area (Å²) in [5.41, 5.74) is 0.460. The van der Waals surface area contributed by atoms with Gasteiger partial charge in [0.15, 0.2) is 0 Å². The van der Waals surface area contributed by atoms with Crippen molar-refractivity contribution in [3.63, 3.8) is 0 Å². The summed E-state index contributed by atoms with van der Waals surface area (Å²) in [7, 11) is 0. The standard InChI is InChI=1S/C25H38N2O5S/c1-15(11-19-14-33-18(4)27-19)20-9-7-8-10-26-13-16(2)23(30)17(3)24(31)25(5,6)21(28)12-22(29)32-20/h7-8,11,14,16-17,20-21,23,26,28,30H,9-10,12-13H2,1-6H3/b8-7-,15-11+/t16-,17+,20-,21-,23-/m0/s1. The number of aliphatic hydroxyl groups excluding tert-OH is 2. The van der Waals surface area contributed by atoms with Gasteiger partial charge in [0, 0.05) is 30.8 Å². The van der Waals surface area contributed by atoms with Gasteiger partial charge in [0.1, 0.15) is 11.9 Å². The van der Waals surface area contributed by atoms with E-state index in [0.29, 0.717) is 19.5 Å². The number of nitrogens with zero attached hydrogens (tertiary/aromatic N) is 1. The molecule has 3 N–H and O–H groups in total. The van der Waals surface area contributed by atoms with Crippen molar-refractivity contribution in [3.8, 4) is 0 Å². The highest BCUT2D eigenvalue weighted by Gasteiger charge is 2.42. The molecule has 0 saturated carbocycles. The summed E-state index contributed by atoms with van der Waals surface area (Å²) in [6.07, 6.45) is 3.40. The van der Waals surface area contributed by atoms with Crippen LogP contribution in [0.25, 0.3) is 6.08 Å². The second-order valence-electron chi connectivity index (χ2n) is 9.59. The third kappa shape index (κ3) is 7.57. The number of aromatic nitrogens is 1. The smallest absolute Gasteiger partial charge is 0.309 e. The van der Waals surface area contributed by atoms with Gasteiger partial charge < -0.3 is 20.3 Å². The lowest BCUT2D eigenvalue weighted by Crippen LogP contribution is -2.46. The van der Waals surface area contributed by atoms with Gasteiger partial charge in [-0.2, -0.15) is 0 Å². The molecular formula is C25H38N2O5S. The first kappa shape index (κ1) is 27.4. The Labute approximate surface area is 201 Å². The van der Waals surface area contributed by atoms with E-state index in [1.54, 1.807) is 32.1 Å². The molecule has 2 rings (SSSR count). The fourth-order valence-electron chi connectivity index (χ4n) is 3.94.